The number of rotatable bonds is 6. The first-order chi connectivity index (χ1) is 13.1. The van der Waals surface area contributed by atoms with Crippen LogP contribution in [0.5, 0.6) is 5.75 Å². The third-order valence-electron chi connectivity index (χ3n) is 4.22. The normalized spacial score (nSPS) is 10.6. The van der Waals surface area contributed by atoms with E-state index in [4.69, 9.17) is 4.74 Å². The highest BCUT2D eigenvalue weighted by Crippen LogP contribution is 2.22. The molecule has 4 nitrogen and oxygen atoms in total. The van der Waals surface area contributed by atoms with Gasteiger partial charge in [0, 0.05) is 11.8 Å². The number of carbonyl (C=O) groups is 1. The van der Waals surface area contributed by atoms with Crippen LogP contribution < -0.4 is 4.74 Å². The van der Waals surface area contributed by atoms with Gasteiger partial charge in [-0.2, -0.15) is 0 Å². The Morgan fingerprint density at radius 3 is 2.41 bits per heavy atom. The van der Waals surface area contributed by atoms with Gasteiger partial charge < -0.3 is 4.74 Å². The summed E-state index contributed by atoms with van der Waals surface area (Å²) >= 11 is 0. The lowest BCUT2D eigenvalue weighted by Crippen LogP contribution is -2.09. The summed E-state index contributed by atoms with van der Waals surface area (Å²) in [5, 5.41) is 0. The molecule has 0 fully saturated rings. The van der Waals surface area contributed by atoms with Gasteiger partial charge in [-0.25, -0.2) is 9.18 Å². The van der Waals surface area contributed by atoms with Crippen molar-refractivity contribution in [2.75, 3.05) is 0 Å². The van der Waals surface area contributed by atoms with Crippen molar-refractivity contribution >= 4 is 5.97 Å². The molecule has 0 unspecified atom stereocenters. The molecule has 0 spiro atoms. The molecule has 3 rings (SSSR count). The summed E-state index contributed by atoms with van der Waals surface area (Å²) in [5.74, 6) is -1.20. The van der Waals surface area contributed by atoms with Crippen molar-refractivity contribution in [3.8, 4) is 17.0 Å². The summed E-state index contributed by atoms with van der Waals surface area (Å²) in [6.07, 6.45) is 5.99. The molecular formula is C22H21FN2O2. The minimum atomic E-state index is -0.601. The fourth-order valence-electron chi connectivity index (χ4n) is 2.69. The molecule has 0 aliphatic rings. The zero-order valence-electron chi connectivity index (χ0n) is 15.4. The van der Waals surface area contributed by atoms with Crippen LogP contribution in [0.3, 0.4) is 0 Å². The summed E-state index contributed by atoms with van der Waals surface area (Å²) in [7, 11) is 0. The molecule has 0 amide bonds. The standard InChI is InChI=1S/C22H21FN2O2/c1-3-5-15-6-11-21(19(23)12-15)27-22(26)17-9-7-16(8-10-17)20-14-24-18(4-2)13-25-20/h6-14H,3-5H2,1-2H3. The molecule has 5 heteroatoms. The second-order valence-corrected chi connectivity index (χ2v) is 6.23. The van der Waals surface area contributed by atoms with Crippen LogP contribution in [0.1, 0.15) is 41.9 Å². The molecule has 0 saturated heterocycles. The van der Waals surface area contributed by atoms with Crippen LogP contribution in [0.15, 0.2) is 54.9 Å². The summed E-state index contributed by atoms with van der Waals surface area (Å²) in [6, 6.07) is 11.5. The van der Waals surface area contributed by atoms with Gasteiger partial charge in [0.1, 0.15) is 0 Å². The Balaban J connectivity index is 1.72. The average molecular weight is 364 g/mol. The second-order valence-electron chi connectivity index (χ2n) is 6.23. The highest BCUT2D eigenvalue weighted by Gasteiger charge is 2.13. The van der Waals surface area contributed by atoms with Crippen molar-refractivity contribution in [1.82, 2.24) is 9.97 Å². The number of halogens is 1. The van der Waals surface area contributed by atoms with Crippen molar-refractivity contribution in [2.24, 2.45) is 0 Å². The average Bonchev–Trinajstić information content (AvgIpc) is 2.70. The third kappa shape index (κ3) is 4.56. The van der Waals surface area contributed by atoms with Crippen LogP contribution in [-0.4, -0.2) is 15.9 Å². The van der Waals surface area contributed by atoms with Crippen LogP contribution >= 0.6 is 0 Å². The van der Waals surface area contributed by atoms with Crippen molar-refractivity contribution in [2.45, 2.75) is 33.1 Å². The monoisotopic (exact) mass is 364 g/mol. The number of aryl methyl sites for hydroxylation is 2. The van der Waals surface area contributed by atoms with Gasteiger partial charge in [0.25, 0.3) is 0 Å². The van der Waals surface area contributed by atoms with Crippen LogP contribution in [0.25, 0.3) is 11.3 Å². The van der Waals surface area contributed by atoms with E-state index in [1.54, 1.807) is 42.7 Å². The quantitative estimate of drug-likeness (QED) is 0.455. The van der Waals surface area contributed by atoms with Gasteiger partial charge in [-0.3, -0.25) is 9.97 Å². The van der Waals surface area contributed by atoms with E-state index < -0.39 is 11.8 Å². The molecule has 0 atom stereocenters. The van der Waals surface area contributed by atoms with Gasteiger partial charge in [0.15, 0.2) is 11.6 Å². The van der Waals surface area contributed by atoms with Gasteiger partial charge in [0.2, 0.25) is 0 Å². The van der Waals surface area contributed by atoms with Crippen LogP contribution in [-0.2, 0) is 12.8 Å². The Morgan fingerprint density at radius 2 is 1.81 bits per heavy atom. The Labute approximate surface area is 158 Å². The number of esters is 1. The SMILES string of the molecule is CCCc1ccc(OC(=O)c2ccc(-c3cnc(CC)cn3)cc2)c(F)c1. The molecule has 0 N–H and O–H groups in total. The smallest absolute Gasteiger partial charge is 0.343 e. The molecule has 3 aromatic rings. The minimum absolute atomic E-state index is 0.0649. The molecule has 0 radical (unpaired) electrons. The Kier molecular flexibility index (Phi) is 5.91. The maximum atomic E-state index is 14.1. The van der Waals surface area contributed by atoms with Crippen LogP contribution in [0.2, 0.25) is 0 Å². The van der Waals surface area contributed by atoms with E-state index >= 15 is 0 Å². The van der Waals surface area contributed by atoms with Gasteiger partial charge in [-0.05, 0) is 42.7 Å². The number of benzene rings is 2. The van der Waals surface area contributed by atoms with Crippen molar-refractivity contribution < 1.29 is 13.9 Å². The number of hydrogen-bond donors (Lipinski definition) is 0. The van der Waals surface area contributed by atoms with Crippen LogP contribution in [0, 0.1) is 5.82 Å². The molecule has 0 aliphatic carbocycles. The van der Waals surface area contributed by atoms with E-state index in [0.29, 0.717) is 5.56 Å². The fraction of sp³-hybridized carbons (Fsp3) is 0.227. The summed E-state index contributed by atoms with van der Waals surface area (Å²) in [6.45, 7) is 4.05. The summed E-state index contributed by atoms with van der Waals surface area (Å²) in [4.78, 5) is 21.0. The predicted molar refractivity (Wildman–Crippen MR) is 102 cm³/mol. The van der Waals surface area contributed by atoms with E-state index in [2.05, 4.69) is 9.97 Å². The van der Waals surface area contributed by atoms with Crippen molar-refractivity contribution in [3.63, 3.8) is 0 Å². The molecular weight excluding hydrogens is 343 g/mol. The first-order valence-electron chi connectivity index (χ1n) is 9.02. The van der Waals surface area contributed by atoms with Crippen molar-refractivity contribution in [3.05, 3.63) is 77.5 Å². The molecule has 1 heterocycles. The first-order valence-corrected chi connectivity index (χ1v) is 9.02. The van der Waals surface area contributed by atoms with Gasteiger partial charge >= 0.3 is 5.97 Å². The molecule has 0 aliphatic heterocycles. The second kappa shape index (κ2) is 8.54. The molecule has 0 bridgehead atoms. The highest BCUT2D eigenvalue weighted by atomic mass is 19.1. The fourth-order valence-corrected chi connectivity index (χ4v) is 2.69. The number of hydrogen-bond acceptors (Lipinski definition) is 4. The molecule has 0 saturated carbocycles. The lowest BCUT2D eigenvalue weighted by atomic mass is 10.1. The lowest BCUT2D eigenvalue weighted by molar-refractivity contribution is 0.0728. The Bertz CT molecular complexity index is 922. The number of carbonyl (C=O) groups excluding carboxylic acids is 1. The lowest BCUT2D eigenvalue weighted by Gasteiger charge is -2.08. The van der Waals surface area contributed by atoms with E-state index in [1.807, 2.05) is 13.8 Å². The molecule has 138 valence electrons. The maximum absolute atomic E-state index is 14.1. The first kappa shape index (κ1) is 18.7. The minimum Gasteiger partial charge on any atom is -0.420 e. The highest BCUT2D eigenvalue weighted by molar-refractivity contribution is 5.91. The number of nitrogens with zero attached hydrogens (tertiary/aromatic N) is 2. The number of aromatic nitrogens is 2. The summed E-state index contributed by atoms with van der Waals surface area (Å²) in [5.41, 5.74) is 3.72. The van der Waals surface area contributed by atoms with E-state index in [9.17, 15) is 9.18 Å². The van der Waals surface area contributed by atoms with Gasteiger partial charge in [-0.1, -0.05) is 38.5 Å². The van der Waals surface area contributed by atoms with Crippen LogP contribution in [0.4, 0.5) is 4.39 Å². The maximum Gasteiger partial charge on any atom is 0.343 e. The molecule has 27 heavy (non-hydrogen) atoms. The predicted octanol–water partition coefficient (Wildman–Crippen LogP) is 5.02. The molecule has 1 aromatic heterocycles. The Hall–Kier alpha value is -3.08. The third-order valence-corrected chi connectivity index (χ3v) is 4.22. The van der Waals surface area contributed by atoms with E-state index in [-0.39, 0.29) is 5.75 Å². The topological polar surface area (TPSA) is 52.1 Å². The largest absolute Gasteiger partial charge is 0.420 e. The Morgan fingerprint density at radius 1 is 1.04 bits per heavy atom. The van der Waals surface area contributed by atoms with E-state index in [0.717, 1.165) is 41.8 Å². The summed E-state index contributed by atoms with van der Waals surface area (Å²) < 4.78 is 19.3. The zero-order valence-corrected chi connectivity index (χ0v) is 15.4. The van der Waals surface area contributed by atoms with E-state index in [1.165, 1.54) is 12.1 Å². The number of ether oxygens (including phenoxy) is 1. The molecule has 2 aromatic carbocycles. The van der Waals surface area contributed by atoms with Crippen molar-refractivity contribution in [1.29, 1.82) is 0 Å². The zero-order chi connectivity index (χ0) is 19.2. The van der Waals surface area contributed by atoms with Gasteiger partial charge in [0.05, 0.1) is 23.1 Å². The van der Waals surface area contributed by atoms with Gasteiger partial charge in [-0.15, -0.1) is 0 Å².